The van der Waals surface area contributed by atoms with Gasteiger partial charge in [-0.1, -0.05) is 12.8 Å². The quantitative estimate of drug-likeness (QED) is 0.846. The van der Waals surface area contributed by atoms with Crippen LogP contribution in [0, 0.1) is 11.8 Å². The van der Waals surface area contributed by atoms with Crippen LogP contribution < -0.4 is 0 Å². The molecule has 4 nitrogen and oxygen atoms in total. The number of rotatable bonds is 4. The maximum absolute atomic E-state index is 11.4. The van der Waals surface area contributed by atoms with E-state index in [1.165, 1.54) is 25.8 Å². The van der Waals surface area contributed by atoms with Gasteiger partial charge in [-0.2, -0.15) is 0 Å². The summed E-state index contributed by atoms with van der Waals surface area (Å²) in [5.74, 6) is 0.0809. The predicted molar refractivity (Wildman–Crippen MR) is 76.2 cm³/mol. The minimum Gasteiger partial charge on any atom is -0.481 e. The van der Waals surface area contributed by atoms with E-state index in [2.05, 4.69) is 23.9 Å². The number of carboxylic acids is 1. The van der Waals surface area contributed by atoms with Gasteiger partial charge in [0.1, 0.15) is 0 Å². The monoisotopic (exact) mass is 268 g/mol. The first kappa shape index (κ1) is 14.8. The van der Waals surface area contributed by atoms with Crippen LogP contribution in [-0.4, -0.2) is 60.6 Å². The van der Waals surface area contributed by atoms with E-state index < -0.39 is 5.97 Å². The summed E-state index contributed by atoms with van der Waals surface area (Å²) in [5, 5.41) is 9.38. The van der Waals surface area contributed by atoms with Gasteiger partial charge >= 0.3 is 5.97 Å². The van der Waals surface area contributed by atoms with Crippen molar-refractivity contribution in [3.05, 3.63) is 0 Å². The Morgan fingerprint density at radius 1 is 1.16 bits per heavy atom. The Bertz CT molecular complexity index is 299. The molecule has 2 unspecified atom stereocenters. The van der Waals surface area contributed by atoms with E-state index in [4.69, 9.17) is 0 Å². The summed E-state index contributed by atoms with van der Waals surface area (Å²) >= 11 is 0. The van der Waals surface area contributed by atoms with Gasteiger partial charge in [0.15, 0.2) is 0 Å². The van der Waals surface area contributed by atoms with Crippen molar-refractivity contribution in [3.8, 4) is 0 Å². The fraction of sp³-hybridized carbons (Fsp3) is 0.933. The highest BCUT2D eigenvalue weighted by molar-refractivity contribution is 5.71. The Morgan fingerprint density at radius 3 is 2.37 bits per heavy atom. The van der Waals surface area contributed by atoms with Crippen molar-refractivity contribution >= 4 is 5.97 Å². The van der Waals surface area contributed by atoms with Crippen molar-refractivity contribution in [2.24, 2.45) is 11.8 Å². The van der Waals surface area contributed by atoms with Gasteiger partial charge in [0.05, 0.1) is 5.92 Å². The summed E-state index contributed by atoms with van der Waals surface area (Å²) in [6.45, 7) is 3.35. The third kappa shape index (κ3) is 3.93. The number of carboxylic acid groups (broad SMARTS) is 1. The van der Waals surface area contributed by atoms with E-state index in [1.807, 2.05) is 0 Å². The Kier molecular flexibility index (Phi) is 5.22. The average molecular weight is 268 g/mol. The van der Waals surface area contributed by atoms with Gasteiger partial charge in [-0.15, -0.1) is 0 Å². The molecule has 0 radical (unpaired) electrons. The SMILES string of the molecule is CN(C)CC1CCN(C2CCCCC2C(=O)O)CC1. The Morgan fingerprint density at radius 2 is 1.79 bits per heavy atom. The minimum atomic E-state index is -0.583. The van der Waals surface area contributed by atoms with Crippen molar-refractivity contribution in [2.75, 3.05) is 33.7 Å². The van der Waals surface area contributed by atoms with Gasteiger partial charge in [0, 0.05) is 12.6 Å². The van der Waals surface area contributed by atoms with Gasteiger partial charge in [-0.05, 0) is 58.8 Å². The van der Waals surface area contributed by atoms with Crippen LogP contribution >= 0.6 is 0 Å². The van der Waals surface area contributed by atoms with Gasteiger partial charge in [0.2, 0.25) is 0 Å². The Balaban J connectivity index is 1.87. The summed E-state index contributed by atoms with van der Waals surface area (Å²) in [7, 11) is 4.27. The lowest BCUT2D eigenvalue weighted by molar-refractivity contribution is -0.146. The molecule has 1 saturated carbocycles. The zero-order chi connectivity index (χ0) is 13.8. The molecule has 2 atom stereocenters. The molecule has 19 heavy (non-hydrogen) atoms. The molecule has 110 valence electrons. The van der Waals surface area contributed by atoms with E-state index >= 15 is 0 Å². The maximum atomic E-state index is 11.4. The third-order valence-electron chi connectivity index (χ3n) is 4.79. The second-order valence-electron chi connectivity index (χ2n) is 6.54. The molecule has 1 aliphatic heterocycles. The van der Waals surface area contributed by atoms with Crippen molar-refractivity contribution in [1.82, 2.24) is 9.80 Å². The normalized spacial score (nSPS) is 30.7. The highest BCUT2D eigenvalue weighted by Gasteiger charge is 2.36. The van der Waals surface area contributed by atoms with E-state index in [-0.39, 0.29) is 5.92 Å². The second-order valence-corrected chi connectivity index (χ2v) is 6.54. The zero-order valence-electron chi connectivity index (χ0n) is 12.3. The number of likely N-dealkylation sites (tertiary alicyclic amines) is 1. The lowest BCUT2D eigenvalue weighted by Gasteiger charge is -2.42. The topological polar surface area (TPSA) is 43.8 Å². The largest absolute Gasteiger partial charge is 0.481 e. The first-order valence-electron chi connectivity index (χ1n) is 7.69. The highest BCUT2D eigenvalue weighted by Crippen LogP contribution is 2.31. The second kappa shape index (κ2) is 6.71. The maximum Gasteiger partial charge on any atom is 0.308 e. The predicted octanol–water partition coefficient (Wildman–Crippen LogP) is 1.90. The standard InChI is InChI=1S/C15H28N2O2/c1-16(2)11-12-7-9-17(10-8-12)14-6-4-3-5-13(14)15(18)19/h12-14H,3-11H2,1-2H3,(H,18,19). The van der Waals surface area contributed by atoms with Crippen LogP contribution in [-0.2, 0) is 4.79 Å². The number of aliphatic carboxylic acids is 1. The van der Waals surface area contributed by atoms with E-state index in [0.29, 0.717) is 6.04 Å². The van der Waals surface area contributed by atoms with Gasteiger partial charge in [-0.3, -0.25) is 9.69 Å². The van der Waals surface area contributed by atoms with Crippen LogP contribution in [0.4, 0.5) is 0 Å². The number of carbonyl (C=O) groups is 1. The molecule has 0 bridgehead atoms. The average Bonchev–Trinajstić information content (AvgIpc) is 2.39. The molecule has 1 heterocycles. The molecule has 2 fully saturated rings. The van der Waals surface area contributed by atoms with Crippen molar-refractivity contribution in [1.29, 1.82) is 0 Å². The van der Waals surface area contributed by atoms with E-state index in [0.717, 1.165) is 38.3 Å². The van der Waals surface area contributed by atoms with Crippen LogP contribution in [0.25, 0.3) is 0 Å². The molecule has 4 heteroatoms. The Labute approximate surface area is 116 Å². The molecular weight excluding hydrogens is 240 g/mol. The number of nitrogens with zero attached hydrogens (tertiary/aromatic N) is 2. The van der Waals surface area contributed by atoms with E-state index in [9.17, 15) is 9.90 Å². The molecule has 1 aliphatic carbocycles. The summed E-state index contributed by atoms with van der Waals surface area (Å²) in [6.07, 6.45) is 6.69. The van der Waals surface area contributed by atoms with Gasteiger partial charge in [-0.25, -0.2) is 0 Å². The molecule has 0 amide bonds. The Hall–Kier alpha value is -0.610. The molecule has 1 N–H and O–H groups in total. The van der Waals surface area contributed by atoms with Crippen LogP contribution in [0.15, 0.2) is 0 Å². The van der Waals surface area contributed by atoms with Crippen molar-refractivity contribution in [3.63, 3.8) is 0 Å². The minimum absolute atomic E-state index is 0.126. The first-order valence-corrected chi connectivity index (χ1v) is 7.69. The van der Waals surface area contributed by atoms with Crippen molar-refractivity contribution in [2.45, 2.75) is 44.6 Å². The number of piperidine rings is 1. The summed E-state index contributed by atoms with van der Waals surface area (Å²) < 4.78 is 0. The van der Waals surface area contributed by atoms with Gasteiger partial charge < -0.3 is 10.0 Å². The molecule has 0 aromatic carbocycles. The fourth-order valence-corrected chi connectivity index (χ4v) is 3.82. The highest BCUT2D eigenvalue weighted by atomic mass is 16.4. The summed E-state index contributed by atoms with van der Waals surface area (Å²) in [5.41, 5.74) is 0. The van der Waals surface area contributed by atoms with Crippen LogP contribution in [0.3, 0.4) is 0 Å². The van der Waals surface area contributed by atoms with Crippen LogP contribution in [0.5, 0.6) is 0 Å². The summed E-state index contributed by atoms with van der Waals surface area (Å²) in [6, 6.07) is 0.298. The lowest BCUT2D eigenvalue weighted by atomic mass is 9.82. The smallest absolute Gasteiger partial charge is 0.308 e. The van der Waals surface area contributed by atoms with Crippen LogP contribution in [0.1, 0.15) is 38.5 Å². The number of hydrogen-bond acceptors (Lipinski definition) is 3. The number of hydrogen-bond donors (Lipinski definition) is 1. The molecule has 2 aliphatic rings. The van der Waals surface area contributed by atoms with E-state index in [1.54, 1.807) is 0 Å². The molecular formula is C15H28N2O2. The fourth-order valence-electron chi connectivity index (χ4n) is 3.82. The lowest BCUT2D eigenvalue weighted by Crippen LogP contribution is -2.49. The molecule has 0 aromatic rings. The molecule has 1 saturated heterocycles. The van der Waals surface area contributed by atoms with Gasteiger partial charge in [0.25, 0.3) is 0 Å². The van der Waals surface area contributed by atoms with Crippen molar-refractivity contribution < 1.29 is 9.90 Å². The molecule has 0 aromatic heterocycles. The zero-order valence-corrected chi connectivity index (χ0v) is 12.3. The van der Waals surface area contributed by atoms with Crippen LogP contribution in [0.2, 0.25) is 0 Å². The molecule has 0 spiro atoms. The summed E-state index contributed by atoms with van der Waals surface area (Å²) in [4.78, 5) is 16.1. The molecule has 2 rings (SSSR count). The first-order chi connectivity index (χ1) is 9.08. The third-order valence-corrected chi connectivity index (χ3v) is 4.79.